The Hall–Kier alpha value is -8.31. The maximum Gasteiger partial charge on any atom is 0.246 e. The van der Waals surface area contributed by atoms with Crippen molar-refractivity contribution in [1.29, 1.82) is 0 Å². The fourth-order valence-electron chi connectivity index (χ4n) is 9.92. The second-order valence-electron chi connectivity index (χ2n) is 20.2. The van der Waals surface area contributed by atoms with Gasteiger partial charge in [0.05, 0.1) is 12.7 Å². The number of hydrogen-bond donors (Lipinski definition) is 8. The molecule has 5 rings (SSSR count). The van der Waals surface area contributed by atoms with Crippen LogP contribution in [0.5, 0.6) is 0 Å². The molecule has 9 amide bonds. The van der Waals surface area contributed by atoms with Crippen molar-refractivity contribution >= 4 is 70.0 Å². The van der Waals surface area contributed by atoms with Gasteiger partial charge in [0, 0.05) is 104 Å². The van der Waals surface area contributed by atoms with E-state index in [1.54, 1.807) is 36.5 Å². The van der Waals surface area contributed by atoms with Crippen molar-refractivity contribution in [2.75, 3.05) is 48.3 Å². The number of aromatic amines is 2. The molecule has 0 spiro atoms. The monoisotopic (exact) mass is 1090 g/mol. The van der Waals surface area contributed by atoms with E-state index in [4.69, 9.17) is 17.2 Å². The predicted octanol–water partition coefficient (Wildman–Crippen LogP) is 0.463. The maximum atomic E-state index is 15.5. The van der Waals surface area contributed by atoms with Gasteiger partial charge >= 0.3 is 0 Å². The topological polar surface area (TPSA) is 341 Å². The SMILES string of the molecule is CCCC[C@H](NC(C)=O)C(=O)N[C@H]1CC(=O)NCCCC[C@@H](C(N)=O)N(C)C(=O)[C@H](Cc2c[nH]c3ccccc23)N(C)C(=O)[C@H](CCCN=C(N)N)N(C)C(=O)[C@@H](Cc2ccccc2)N(C)C(=O)[C@H](Cc2cnc[nH]2)N(C)C1=O. The third kappa shape index (κ3) is 16.8. The molecule has 2 aromatic heterocycles. The van der Waals surface area contributed by atoms with Crippen molar-refractivity contribution in [2.45, 2.75) is 133 Å². The molecule has 24 nitrogen and oxygen atoms in total. The maximum absolute atomic E-state index is 15.5. The van der Waals surface area contributed by atoms with Crippen LogP contribution in [-0.2, 0) is 62.4 Å². The molecule has 0 aliphatic carbocycles. The molecule has 0 radical (unpaired) electrons. The van der Waals surface area contributed by atoms with E-state index in [1.807, 2.05) is 31.2 Å². The van der Waals surface area contributed by atoms with Crippen molar-refractivity contribution in [2.24, 2.45) is 22.2 Å². The lowest BCUT2D eigenvalue weighted by molar-refractivity contribution is -0.155. The molecule has 428 valence electrons. The first-order valence-electron chi connectivity index (χ1n) is 26.7. The number of imidazole rings is 1. The van der Waals surface area contributed by atoms with Gasteiger partial charge < -0.3 is 67.6 Å². The zero-order chi connectivity index (χ0) is 57.9. The van der Waals surface area contributed by atoms with Crippen LogP contribution in [0.2, 0.25) is 0 Å². The van der Waals surface area contributed by atoms with Crippen LogP contribution < -0.4 is 33.2 Å². The second kappa shape index (κ2) is 29.4. The van der Waals surface area contributed by atoms with Crippen LogP contribution in [0.3, 0.4) is 0 Å². The Labute approximate surface area is 461 Å². The number of nitrogens with two attached hydrogens (primary N) is 3. The molecule has 11 N–H and O–H groups in total. The molecule has 4 aromatic rings. The van der Waals surface area contributed by atoms with Gasteiger partial charge in [0.15, 0.2) is 5.96 Å². The Morgan fingerprint density at radius 2 is 1.34 bits per heavy atom. The lowest BCUT2D eigenvalue weighted by atomic mass is 9.98. The standard InChI is InChI=1S/C55H79N15O9/c1-8-9-21-40(64-34(2)71)49(74)65-41-30-47(72)60-25-16-15-23-42(48(56)73)66(3)53(78)45(28-36-31-62-39-22-14-13-20-38(36)39)70(7)51(76)43(24-17-26-61-55(57)58)67(4)52(77)44(27-35-18-11-10-12-19-35)69(6)54(79)46(68(5)50(41)75)29-37-32-59-33-63-37/h10-14,18-20,22,31-33,40-46,62H,8-9,15-17,21,23-30H2,1-7H3,(H2,56,73)(H,59,63)(H,60,72)(H,64,71)(H,65,74)(H4,57,58,61)/t40-,41-,42-,43-,44+,45-,46-/m0/s1. The van der Waals surface area contributed by atoms with Gasteiger partial charge in [-0.05, 0) is 55.7 Å². The van der Waals surface area contributed by atoms with Crippen LogP contribution in [0.15, 0.2) is 78.3 Å². The fourth-order valence-corrected chi connectivity index (χ4v) is 9.92. The average molecular weight is 1090 g/mol. The number of fused-ring (bicyclic) bond motifs is 1. The van der Waals surface area contributed by atoms with E-state index >= 15 is 19.2 Å². The summed E-state index contributed by atoms with van der Waals surface area (Å²) in [6.45, 7) is 3.31. The molecule has 0 saturated carbocycles. The number of primary amides is 1. The molecule has 2 aromatic carbocycles. The Kier molecular flexibility index (Phi) is 22.9. The lowest BCUT2D eigenvalue weighted by Crippen LogP contribution is -2.61. The Balaban J connectivity index is 1.67. The van der Waals surface area contributed by atoms with Crippen molar-refractivity contribution in [3.05, 3.63) is 90.1 Å². The smallest absolute Gasteiger partial charge is 0.246 e. The van der Waals surface area contributed by atoms with Gasteiger partial charge in [-0.15, -0.1) is 0 Å². The summed E-state index contributed by atoms with van der Waals surface area (Å²) in [5.41, 5.74) is 19.9. The van der Waals surface area contributed by atoms with Crippen LogP contribution in [-0.4, -0.2) is 189 Å². The number of nitrogens with zero attached hydrogens (tertiary/aromatic N) is 7. The first kappa shape index (κ1) is 61.5. The van der Waals surface area contributed by atoms with Crippen molar-refractivity contribution in [3.8, 4) is 0 Å². The number of carbonyl (C=O) groups excluding carboxylic acids is 9. The van der Waals surface area contributed by atoms with Gasteiger partial charge in [0.1, 0.15) is 42.3 Å². The molecule has 7 atom stereocenters. The van der Waals surface area contributed by atoms with E-state index in [2.05, 4.69) is 35.9 Å². The van der Waals surface area contributed by atoms with Crippen molar-refractivity contribution in [3.63, 3.8) is 0 Å². The van der Waals surface area contributed by atoms with Gasteiger partial charge in [-0.3, -0.25) is 48.1 Å². The highest BCUT2D eigenvalue weighted by Crippen LogP contribution is 2.25. The molecule has 1 fully saturated rings. The second-order valence-corrected chi connectivity index (χ2v) is 20.2. The molecule has 0 unspecified atom stereocenters. The number of amides is 9. The number of hydrogen-bond acceptors (Lipinski definition) is 11. The van der Waals surface area contributed by atoms with E-state index in [-0.39, 0.29) is 70.4 Å². The van der Waals surface area contributed by atoms with Crippen molar-refractivity contribution < 1.29 is 43.2 Å². The van der Waals surface area contributed by atoms with Gasteiger partial charge in [0.25, 0.3) is 0 Å². The number of aliphatic imine (C=N–C) groups is 1. The zero-order valence-electron chi connectivity index (χ0n) is 46.4. The molecule has 0 bridgehead atoms. The number of carbonyl (C=O) groups is 9. The van der Waals surface area contributed by atoms with Gasteiger partial charge in [0.2, 0.25) is 53.2 Å². The first-order chi connectivity index (χ1) is 37.6. The Morgan fingerprint density at radius 1 is 0.734 bits per heavy atom. The van der Waals surface area contributed by atoms with Crippen LogP contribution in [0, 0.1) is 0 Å². The van der Waals surface area contributed by atoms with Gasteiger partial charge in [-0.1, -0.05) is 68.3 Å². The Bertz CT molecular complexity index is 2760. The minimum Gasteiger partial charge on any atom is -0.370 e. The number of benzene rings is 2. The molecule has 1 aliphatic heterocycles. The van der Waals surface area contributed by atoms with Crippen LogP contribution in [0.1, 0.15) is 88.5 Å². The number of para-hydroxylation sites is 1. The minimum atomic E-state index is -1.56. The number of nitrogens with one attached hydrogen (secondary N) is 5. The zero-order valence-corrected chi connectivity index (χ0v) is 46.4. The van der Waals surface area contributed by atoms with E-state index in [1.165, 1.54) is 74.3 Å². The highest BCUT2D eigenvalue weighted by atomic mass is 16.2. The third-order valence-corrected chi connectivity index (χ3v) is 14.6. The molecular formula is C55H79N15O9. The first-order valence-corrected chi connectivity index (χ1v) is 26.7. The summed E-state index contributed by atoms with van der Waals surface area (Å²) in [5, 5.41) is 8.91. The van der Waals surface area contributed by atoms with E-state index < -0.39 is 102 Å². The highest BCUT2D eigenvalue weighted by molar-refractivity contribution is 5.99. The number of H-pyrrole nitrogens is 2. The molecule has 24 heteroatoms. The van der Waals surface area contributed by atoms with Crippen LogP contribution in [0.25, 0.3) is 10.9 Å². The minimum absolute atomic E-state index is 0.00749. The van der Waals surface area contributed by atoms with E-state index in [0.717, 1.165) is 15.8 Å². The van der Waals surface area contributed by atoms with Crippen LogP contribution in [0.4, 0.5) is 0 Å². The van der Waals surface area contributed by atoms with E-state index in [0.29, 0.717) is 36.1 Å². The summed E-state index contributed by atoms with van der Waals surface area (Å²) < 4.78 is 0. The summed E-state index contributed by atoms with van der Waals surface area (Å²) in [7, 11) is 7.11. The fraction of sp³-hybridized carbons (Fsp3) is 0.509. The molecular weight excluding hydrogens is 1010 g/mol. The molecule has 3 heterocycles. The number of likely N-dealkylation sites (N-methyl/N-ethyl adjacent to an activating group) is 5. The number of unbranched alkanes of at least 4 members (excludes halogenated alkanes) is 1. The van der Waals surface area contributed by atoms with Crippen molar-refractivity contribution in [1.82, 2.24) is 55.4 Å². The highest BCUT2D eigenvalue weighted by Gasteiger charge is 2.43. The number of guanidine groups is 1. The molecule has 79 heavy (non-hydrogen) atoms. The van der Waals surface area contributed by atoms with E-state index in [9.17, 15) is 24.0 Å². The van der Waals surface area contributed by atoms with Gasteiger partial charge in [-0.2, -0.15) is 0 Å². The summed E-state index contributed by atoms with van der Waals surface area (Å²) in [5.74, 6) is -6.32. The Morgan fingerprint density at radius 3 is 1.97 bits per heavy atom. The quantitative estimate of drug-likeness (QED) is 0.0406. The molecule has 1 saturated heterocycles. The predicted molar refractivity (Wildman–Crippen MR) is 297 cm³/mol. The lowest BCUT2D eigenvalue weighted by Gasteiger charge is -2.40. The van der Waals surface area contributed by atoms with Gasteiger partial charge in [-0.25, -0.2) is 4.98 Å². The number of aromatic nitrogens is 3. The summed E-state index contributed by atoms with van der Waals surface area (Å²) >= 11 is 0. The normalized spacial score (nSPS) is 21.4. The largest absolute Gasteiger partial charge is 0.370 e. The molecule has 1 aliphatic rings. The summed E-state index contributed by atoms with van der Waals surface area (Å²) in [4.78, 5) is 150. The van der Waals surface area contributed by atoms with Crippen LogP contribution >= 0.6 is 0 Å². The summed E-state index contributed by atoms with van der Waals surface area (Å²) in [6, 6.07) is 7.32. The third-order valence-electron chi connectivity index (χ3n) is 14.6. The summed E-state index contributed by atoms with van der Waals surface area (Å²) in [6.07, 6.45) is 6.12. The average Bonchev–Trinajstić information content (AvgIpc) is 4.20. The number of rotatable bonds is 17.